The van der Waals surface area contributed by atoms with Crippen LogP contribution in [0.4, 0.5) is 26.6 Å². The molecule has 43 heavy (non-hydrogen) atoms. The molecule has 4 rings (SSSR count). The lowest BCUT2D eigenvalue weighted by Gasteiger charge is -2.27. The van der Waals surface area contributed by atoms with Crippen molar-refractivity contribution in [2.75, 3.05) is 47.2 Å². The molecule has 0 unspecified atom stereocenters. The van der Waals surface area contributed by atoms with Crippen LogP contribution in [0.25, 0.3) is 0 Å². The lowest BCUT2D eigenvalue weighted by atomic mass is 10.1. The molecule has 2 aromatic carbocycles. The molecule has 1 aromatic heterocycles. The number of carbonyl (C=O) groups is 2. The maximum atomic E-state index is 13.5. The summed E-state index contributed by atoms with van der Waals surface area (Å²) in [5.41, 5.74) is 1.21. The molecule has 1 aliphatic heterocycles. The lowest BCUT2D eigenvalue weighted by Crippen LogP contribution is -2.33. The topological polar surface area (TPSA) is 111 Å². The molecule has 10 nitrogen and oxygen atoms in total. The number of carboxylic acid groups (broad SMARTS) is 1. The van der Waals surface area contributed by atoms with Gasteiger partial charge in [-0.15, -0.1) is 6.42 Å². The Hall–Kier alpha value is -4.50. The normalized spacial score (nSPS) is 13.2. The summed E-state index contributed by atoms with van der Waals surface area (Å²) in [5.74, 6) is 2.32. The van der Waals surface area contributed by atoms with E-state index in [1.165, 1.54) is 24.1 Å². The van der Waals surface area contributed by atoms with E-state index in [9.17, 15) is 19.1 Å². The first kappa shape index (κ1) is 31.4. The molecule has 2 heterocycles. The van der Waals surface area contributed by atoms with Gasteiger partial charge in [0, 0.05) is 37.5 Å². The molecule has 0 radical (unpaired) electrons. The molecule has 0 aliphatic carbocycles. The van der Waals surface area contributed by atoms with E-state index in [1.54, 1.807) is 51.8 Å². The van der Waals surface area contributed by atoms with Gasteiger partial charge >= 0.3 is 12.1 Å². The van der Waals surface area contributed by atoms with Crippen molar-refractivity contribution in [3.05, 3.63) is 66.1 Å². The van der Waals surface area contributed by atoms with Crippen LogP contribution >= 0.6 is 11.9 Å². The Morgan fingerprint density at radius 3 is 2.42 bits per heavy atom. The van der Waals surface area contributed by atoms with Gasteiger partial charge in [-0.05, 0) is 80.6 Å². The number of aliphatic carboxylic acids is 1. The fourth-order valence-electron chi connectivity index (χ4n) is 4.55. The molecule has 2 N–H and O–H groups in total. The first-order chi connectivity index (χ1) is 20.8. The number of nitrogens with one attached hydrogen (secondary N) is 1. The molecular formula is C31H35FN6O4S. The van der Waals surface area contributed by atoms with Gasteiger partial charge in [-0.2, -0.15) is 4.98 Å². The third kappa shape index (κ3) is 8.51. The number of amides is 1. The summed E-state index contributed by atoms with van der Waals surface area (Å²) in [7, 11) is 0. The van der Waals surface area contributed by atoms with Gasteiger partial charge in [0.2, 0.25) is 5.95 Å². The van der Waals surface area contributed by atoms with Crippen LogP contribution in [0.2, 0.25) is 0 Å². The van der Waals surface area contributed by atoms with Gasteiger partial charge in [0.25, 0.3) is 0 Å². The second-order valence-corrected chi connectivity index (χ2v) is 10.9. The fraction of sp³-hybridized carbons (Fsp3) is 0.355. The molecule has 1 saturated heterocycles. The van der Waals surface area contributed by atoms with Crippen molar-refractivity contribution >= 4 is 41.5 Å². The number of hydrogen-bond acceptors (Lipinski definition) is 9. The Morgan fingerprint density at radius 2 is 1.81 bits per heavy atom. The minimum absolute atomic E-state index is 0.125. The molecule has 1 aliphatic rings. The number of carbonyl (C=O) groups excluding carboxylic acids is 1. The molecule has 0 bridgehead atoms. The van der Waals surface area contributed by atoms with E-state index < -0.39 is 12.0 Å². The maximum absolute atomic E-state index is 13.5. The zero-order valence-corrected chi connectivity index (χ0v) is 25.0. The van der Waals surface area contributed by atoms with Crippen molar-refractivity contribution in [1.29, 1.82) is 0 Å². The monoisotopic (exact) mass is 606 g/mol. The number of ether oxygens (including phenoxy) is 1. The van der Waals surface area contributed by atoms with Crippen LogP contribution in [0, 0.1) is 18.2 Å². The van der Waals surface area contributed by atoms with Crippen LogP contribution in [0.1, 0.15) is 32.3 Å². The van der Waals surface area contributed by atoms with Crippen molar-refractivity contribution in [1.82, 2.24) is 14.9 Å². The number of rotatable bonds is 13. The van der Waals surface area contributed by atoms with Crippen LogP contribution in [-0.2, 0) is 11.2 Å². The summed E-state index contributed by atoms with van der Waals surface area (Å²) in [6.45, 7) is 6.80. The van der Waals surface area contributed by atoms with Crippen molar-refractivity contribution in [2.45, 2.75) is 44.0 Å². The number of anilines is 3. The van der Waals surface area contributed by atoms with E-state index in [0.717, 1.165) is 23.3 Å². The molecule has 3 aromatic rings. The smallest absolute Gasteiger partial charge is 0.415 e. The molecule has 226 valence electrons. The van der Waals surface area contributed by atoms with Gasteiger partial charge < -0.3 is 25.0 Å². The maximum Gasteiger partial charge on any atom is 0.415 e. The van der Waals surface area contributed by atoms with Gasteiger partial charge in [0.15, 0.2) is 5.82 Å². The number of benzene rings is 2. The highest BCUT2D eigenvalue weighted by Gasteiger charge is 2.24. The summed E-state index contributed by atoms with van der Waals surface area (Å²) in [6.07, 6.45) is 8.97. The van der Waals surface area contributed by atoms with Crippen molar-refractivity contribution in [3.63, 3.8) is 0 Å². The second-order valence-electron chi connectivity index (χ2n) is 9.81. The van der Waals surface area contributed by atoms with Crippen molar-refractivity contribution < 1.29 is 23.8 Å². The number of likely N-dealkylation sites (tertiary alicyclic amines) is 1. The average molecular weight is 607 g/mol. The van der Waals surface area contributed by atoms with Gasteiger partial charge in [-0.1, -0.05) is 18.1 Å². The van der Waals surface area contributed by atoms with Gasteiger partial charge in [-0.3, -0.25) is 4.31 Å². The Morgan fingerprint density at radius 1 is 1.14 bits per heavy atom. The minimum Gasteiger partial charge on any atom is -0.480 e. The van der Waals surface area contributed by atoms with Crippen LogP contribution in [0.15, 0.2) is 59.6 Å². The second kappa shape index (κ2) is 15.1. The number of halogens is 1. The highest BCUT2D eigenvalue weighted by atomic mass is 32.2. The van der Waals surface area contributed by atoms with Crippen molar-refractivity contribution in [2.24, 2.45) is 0 Å². The van der Waals surface area contributed by atoms with Gasteiger partial charge in [0.1, 0.15) is 23.3 Å². The minimum atomic E-state index is -1.08. The number of aromatic nitrogens is 2. The predicted octanol–water partition coefficient (Wildman–Crippen LogP) is 5.31. The highest BCUT2D eigenvalue weighted by molar-refractivity contribution is 8.00. The Kier molecular flexibility index (Phi) is 11.0. The summed E-state index contributed by atoms with van der Waals surface area (Å²) in [4.78, 5) is 38.4. The van der Waals surface area contributed by atoms with E-state index in [2.05, 4.69) is 16.2 Å². The molecule has 1 atom stereocenters. The first-order valence-corrected chi connectivity index (χ1v) is 14.9. The Balaban J connectivity index is 1.58. The van der Waals surface area contributed by atoms with E-state index in [-0.39, 0.29) is 24.9 Å². The Bertz CT molecular complexity index is 1420. The average Bonchev–Trinajstić information content (AvgIpc) is 3.55. The number of terminal acetylenes is 1. The largest absolute Gasteiger partial charge is 0.480 e. The highest BCUT2D eigenvalue weighted by Crippen LogP contribution is 2.34. The number of nitrogens with zero attached hydrogens (tertiary/aromatic N) is 5. The predicted molar refractivity (Wildman–Crippen MR) is 166 cm³/mol. The molecule has 1 amide bonds. The molecule has 12 heteroatoms. The van der Waals surface area contributed by atoms with E-state index in [4.69, 9.17) is 16.1 Å². The summed E-state index contributed by atoms with van der Waals surface area (Å²) >= 11 is 1.27. The first-order valence-electron chi connectivity index (χ1n) is 14.1. The third-order valence-corrected chi connectivity index (χ3v) is 7.91. The summed E-state index contributed by atoms with van der Waals surface area (Å²) < 4.78 is 20.7. The number of carboxylic acids is 1. The standard InChI is InChI=1S/C31H35FN6O4S/c1-4-17-38(43-25-15-11-23(32)12-16-25)27-21-33-30(36(5-2)6-3)35-28(27)34-26(29(39)40)20-22-9-13-24(14-10-22)42-31(41)37-18-7-8-19-37/h1,9-16,21,26H,5-8,17-20H2,2-3H3,(H,39,40)(H,33,34,35)/t26-/m0/s1. The van der Waals surface area contributed by atoms with E-state index >= 15 is 0 Å². The third-order valence-electron chi connectivity index (χ3n) is 6.88. The zero-order chi connectivity index (χ0) is 30.8. The number of hydrogen-bond donors (Lipinski definition) is 2. The fourth-order valence-corrected chi connectivity index (χ4v) is 5.43. The summed E-state index contributed by atoms with van der Waals surface area (Å²) in [6, 6.07) is 11.7. The van der Waals surface area contributed by atoms with E-state index in [0.29, 0.717) is 49.4 Å². The van der Waals surface area contributed by atoms with Crippen LogP contribution in [0.3, 0.4) is 0 Å². The molecule has 1 fully saturated rings. The van der Waals surface area contributed by atoms with Gasteiger partial charge in [0.05, 0.1) is 12.7 Å². The van der Waals surface area contributed by atoms with Crippen molar-refractivity contribution in [3.8, 4) is 18.1 Å². The SMILES string of the molecule is C#CCN(Sc1ccc(F)cc1)c1cnc(N(CC)CC)nc1N[C@@H](Cc1ccc(OC(=O)N2CCCC2)cc1)C(=O)O. The van der Waals surface area contributed by atoms with E-state index in [1.807, 2.05) is 18.7 Å². The molecule has 0 spiro atoms. The molecular weight excluding hydrogens is 571 g/mol. The van der Waals surface area contributed by atoms with Crippen LogP contribution in [0.5, 0.6) is 5.75 Å². The van der Waals surface area contributed by atoms with Crippen LogP contribution < -0.4 is 19.3 Å². The van der Waals surface area contributed by atoms with Crippen LogP contribution in [-0.4, -0.2) is 70.8 Å². The van der Waals surface area contributed by atoms with Gasteiger partial charge in [-0.25, -0.2) is 19.0 Å². The molecule has 0 saturated carbocycles. The lowest BCUT2D eigenvalue weighted by molar-refractivity contribution is -0.137. The summed E-state index contributed by atoms with van der Waals surface area (Å²) in [5, 5.41) is 13.3. The quantitative estimate of drug-likeness (QED) is 0.196. The Labute approximate surface area is 255 Å². The zero-order valence-electron chi connectivity index (χ0n) is 24.2.